The van der Waals surface area contributed by atoms with Crippen molar-refractivity contribution in [2.45, 2.75) is 51.7 Å². The summed E-state index contributed by atoms with van der Waals surface area (Å²) in [5.74, 6) is 0.918. The molecule has 0 amide bonds. The molecular weight excluding hydrogens is 250 g/mol. The number of hydrogen-bond acceptors (Lipinski definition) is 4. The van der Waals surface area contributed by atoms with Crippen LogP contribution in [0, 0.1) is 0 Å². The van der Waals surface area contributed by atoms with Crippen molar-refractivity contribution in [3.05, 3.63) is 24.0 Å². The fraction of sp³-hybridized carbons (Fsp3) is 0.688. The molecule has 0 spiro atoms. The number of pyridine rings is 1. The van der Waals surface area contributed by atoms with Gasteiger partial charge in [0.2, 0.25) is 0 Å². The summed E-state index contributed by atoms with van der Waals surface area (Å²) in [5.41, 5.74) is 1.19. The number of hydrogen-bond donors (Lipinski definition) is 1. The Morgan fingerprint density at radius 2 is 2.35 bits per heavy atom. The van der Waals surface area contributed by atoms with E-state index in [9.17, 15) is 0 Å². The standard InChI is InChI=1S/C16H27N3O/c1-13(2)18-11-14-6-8-17-12-16(14)20-10-7-15-5-4-9-19(15)3/h6,8,12-13,15,18H,4-5,7,9-11H2,1-3H3. The summed E-state index contributed by atoms with van der Waals surface area (Å²) in [6, 6.07) is 3.19. The Bertz CT molecular complexity index is 408. The van der Waals surface area contributed by atoms with Crippen LogP contribution in [0.2, 0.25) is 0 Å². The molecule has 0 aromatic carbocycles. The largest absolute Gasteiger partial charge is 0.492 e. The lowest BCUT2D eigenvalue weighted by Gasteiger charge is -2.20. The molecule has 2 heterocycles. The molecule has 0 saturated carbocycles. The molecule has 0 bridgehead atoms. The van der Waals surface area contributed by atoms with E-state index in [0.717, 1.165) is 25.3 Å². The van der Waals surface area contributed by atoms with Crippen molar-refractivity contribution >= 4 is 0 Å². The minimum atomic E-state index is 0.475. The van der Waals surface area contributed by atoms with Gasteiger partial charge >= 0.3 is 0 Å². The van der Waals surface area contributed by atoms with Crippen molar-refractivity contribution < 1.29 is 4.74 Å². The Morgan fingerprint density at radius 1 is 1.50 bits per heavy atom. The highest BCUT2D eigenvalue weighted by Crippen LogP contribution is 2.20. The summed E-state index contributed by atoms with van der Waals surface area (Å²) < 4.78 is 5.95. The van der Waals surface area contributed by atoms with Gasteiger partial charge in [0, 0.05) is 30.4 Å². The molecule has 112 valence electrons. The van der Waals surface area contributed by atoms with Gasteiger partial charge < -0.3 is 15.0 Å². The van der Waals surface area contributed by atoms with Gasteiger partial charge in [0.15, 0.2) is 0 Å². The van der Waals surface area contributed by atoms with Crippen molar-refractivity contribution in [1.82, 2.24) is 15.2 Å². The fourth-order valence-electron chi connectivity index (χ4n) is 2.65. The number of nitrogens with one attached hydrogen (secondary N) is 1. The van der Waals surface area contributed by atoms with Crippen LogP contribution in [0.15, 0.2) is 18.5 Å². The molecule has 1 aliphatic rings. The van der Waals surface area contributed by atoms with Crippen LogP contribution in [0.4, 0.5) is 0 Å². The Kier molecular flexibility index (Phi) is 5.80. The van der Waals surface area contributed by atoms with Gasteiger partial charge in [-0.05, 0) is 38.9 Å². The van der Waals surface area contributed by atoms with Crippen LogP contribution < -0.4 is 10.1 Å². The third-order valence-corrected chi connectivity index (χ3v) is 3.95. The maximum Gasteiger partial charge on any atom is 0.142 e. The van der Waals surface area contributed by atoms with Gasteiger partial charge in [-0.25, -0.2) is 0 Å². The molecule has 0 radical (unpaired) electrons. The predicted octanol–water partition coefficient (Wildman–Crippen LogP) is 2.44. The SMILES string of the molecule is CC(C)NCc1ccncc1OCCC1CCCN1C. The smallest absolute Gasteiger partial charge is 0.142 e. The van der Waals surface area contributed by atoms with Crippen molar-refractivity contribution in [3.63, 3.8) is 0 Å². The zero-order valence-corrected chi connectivity index (χ0v) is 12.9. The highest BCUT2D eigenvalue weighted by molar-refractivity contribution is 5.29. The quantitative estimate of drug-likeness (QED) is 0.830. The van der Waals surface area contributed by atoms with Crippen molar-refractivity contribution in [2.24, 2.45) is 0 Å². The highest BCUT2D eigenvalue weighted by atomic mass is 16.5. The molecule has 1 saturated heterocycles. The molecular formula is C16H27N3O. The Balaban J connectivity index is 1.82. The van der Waals surface area contributed by atoms with Crippen LogP contribution in [-0.2, 0) is 6.54 Å². The summed E-state index contributed by atoms with van der Waals surface area (Å²) >= 11 is 0. The van der Waals surface area contributed by atoms with E-state index in [0.29, 0.717) is 12.1 Å². The maximum absolute atomic E-state index is 5.95. The second-order valence-electron chi connectivity index (χ2n) is 5.93. The molecule has 1 unspecified atom stereocenters. The zero-order chi connectivity index (χ0) is 14.4. The van der Waals surface area contributed by atoms with E-state index in [4.69, 9.17) is 4.74 Å². The molecule has 4 nitrogen and oxygen atoms in total. The van der Waals surface area contributed by atoms with Crippen LogP contribution >= 0.6 is 0 Å². The van der Waals surface area contributed by atoms with E-state index < -0.39 is 0 Å². The average molecular weight is 277 g/mol. The number of rotatable bonds is 7. The second kappa shape index (κ2) is 7.60. The van der Waals surface area contributed by atoms with Crippen molar-refractivity contribution in [3.8, 4) is 5.75 Å². The summed E-state index contributed by atoms with van der Waals surface area (Å²) in [6.07, 6.45) is 7.37. The first kappa shape index (κ1) is 15.3. The number of ether oxygens (including phenoxy) is 1. The topological polar surface area (TPSA) is 37.4 Å². The van der Waals surface area contributed by atoms with Gasteiger partial charge in [0.1, 0.15) is 5.75 Å². The average Bonchev–Trinajstić information content (AvgIpc) is 2.83. The molecule has 0 aliphatic carbocycles. The Morgan fingerprint density at radius 3 is 3.05 bits per heavy atom. The monoisotopic (exact) mass is 277 g/mol. The van der Waals surface area contributed by atoms with Gasteiger partial charge in [0.25, 0.3) is 0 Å². The van der Waals surface area contributed by atoms with E-state index in [-0.39, 0.29) is 0 Å². The normalized spacial score (nSPS) is 19.7. The molecule has 4 heteroatoms. The maximum atomic E-state index is 5.95. The number of nitrogens with zero attached hydrogens (tertiary/aromatic N) is 2. The van der Waals surface area contributed by atoms with E-state index in [2.05, 4.69) is 36.1 Å². The molecule has 1 N–H and O–H groups in total. The molecule has 1 aromatic heterocycles. The lowest BCUT2D eigenvalue weighted by molar-refractivity contribution is 0.231. The zero-order valence-electron chi connectivity index (χ0n) is 12.9. The third kappa shape index (κ3) is 4.46. The second-order valence-corrected chi connectivity index (χ2v) is 5.93. The van der Waals surface area contributed by atoms with Gasteiger partial charge in [-0.1, -0.05) is 13.8 Å². The molecule has 1 atom stereocenters. The van der Waals surface area contributed by atoms with E-state index in [1.165, 1.54) is 24.9 Å². The Hall–Kier alpha value is -1.13. The van der Waals surface area contributed by atoms with Crippen LogP contribution in [0.25, 0.3) is 0 Å². The van der Waals surface area contributed by atoms with Crippen LogP contribution in [0.1, 0.15) is 38.7 Å². The third-order valence-electron chi connectivity index (χ3n) is 3.95. The van der Waals surface area contributed by atoms with E-state index >= 15 is 0 Å². The van der Waals surface area contributed by atoms with E-state index in [1.807, 2.05) is 18.5 Å². The molecule has 1 aromatic rings. The summed E-state index contributed by atoms with van der Waals surface area (Å²) in [6.45, 7) is 7.13. The van der Waals surface area contributed by atoms with Gasteiger partial charge in [-0.15, -0.1) is 0 Å². The van der Waals surface area contributed by atoms with Crippen LogP contribution in [0.3, 0.4) is 0 Å². The van der Waals surface area contributed by atoms with Gasteiger partial charge in [-0.3, -0.25) is 4.98 Å². The molecule has 20 heavy (non-hydrogen) atoms. The first-order valence-electron chi connectivity index (χ1n) is 7.66. The lowest BCUT2D eigenvalue weighted by atomic mass is 10.1. The van der Waals surface area contributed by atoms with E-state index in [1.54, 1.807) is 0 Å². The number of aromatic nitrogens is 1. The minimum absolute atomic E-state index is 0.475. The lowest BCUT2D eigenvalue weighted by Crippen LogP contribution is -2.26. The fourth-order valence-corrected chi connectivity index (χ4v) is 2.65. The summed E-state index contributed by atoms with van der Waals surface area (Å²) in [5, 5.41) is 3.42. The first-order chi connectivity index (χ1) is 9.66. The highest BCUT2D eigenvalue weighted by Gasteiger charge is 2.20. The van der Waals surface area contributed by atoms with Crippen LogP contribution in [-0.4, -0.2) is 42.2 Å². The first-order valence-corrected chi connectivity index (χ1v) is 7.66. The molecule has 2 rings (SSSR count). The van der Waals surface area contributed by atoms with Gasteiger partial charge in [0.05, 0.1) is 12.8 Å². The summed E-state index contributed by atoms with van der Waals surface area (Å²) in [7, 11) is 2.21. The predicted molar refractivity (Wildman–Crippen MR) is 82.0 cm³/mol. The summed E-state index contributed by atoms with van der Waals surface area (Å²) in [4.78, 5) is 6.61. The van der Waals surface area contributed by atoms with Crippen molar-refractivity contribution in [1.29, 1.82) is 0 Å². The number of likely N-dealkylation sites (tertiary alicyclic amines) is 1. The van der Waals surface area contributed by atoms with Crippen molar-refractivity contribution in [2.75, 3.05) is 20.2 Å². The molecule has 1 aliphatic heterocycles. The molecule has 1 fully saturated rings. The Labute approximate surface area is 122 Å². The van der Waals surface area contributed by atoms with Crippen LogP contribution in [0.5, 0.6) is 5.75 Å². The van der Waals surface area contributed by atoms with Gasteiger partial charge in [-0.2, -0.15) is 0 Å². The minimum Gasteiger partial charge on any atom is -0.492 e.